The van der Waals surface area contributed by atoms with Crippen LogP contribution in [0.2, 0.25) is 0 Å². The predicted molar refractivity (Wildman–Crippen MR) is 113 cm³/mol. The normalized spacial score (nSPS) is 10.3. The first-order valence-corrected chi connectivity index (χ1v) is 10.2. The van der Waals surface area contributed by atoms with Gasteiger partial charge in [-0.1, -0.05) is 41.3 Å². The molecule has 10 heteroatoms. The number of thioether (sulfide) groups is 1. The van der Waals surface area contributed by atoms with Gasteiger partial charge in [-0.05, 0) is 24.3 Å². The predicted octanol–water partition coefficient (Wildman–Crippen LogP) is 3.54. The zero-order valence-corrected chi connectivity index (χ0v) is 17.3. The highest BCUT2D eigenvalue weighted by Crippen LogP contribution is 2.27. The lowest BCUT2D eigenvalue weighted by atomic mass is 10.2. The van der Waals surface area contributed by atoms with Crippen LogP contribution in [-0.2, 0) is 4.79 Å². The maximum Gasteiger partial charge on any atom is 0.261 e. The quantitative estimate of drug-likeness (QED) is 0.416. The standard InChI is InChI=1S/C19H18N4O4S2/c1-26-13-7-5-6-12(10-13)20-16(24)11-28-19-23-22-18(29-19)21-17(25)14-8-3-4-9-15(14)27-2/h3-10H,11H2,1-2H3,(H,20,24)(H,21,22,25). The lowest BCUT2D eigenvalue weighted by Crippen LogP contribution is -2.13. The first-order valence-electron chi connectivity index (χ1n) is 8.43. The molecule has 0 saturated heterocycles. The van der Waals surface area contributed by atoms with Crippen molar-refractivity contribution in [2.75, 3.05) is 30.6 Å². The summed E-state index contributed by atoms with van der Waals surface area (Å²) in [6.07, 6.45) is 0. The number of nitrogens with one attached hydrogen (secondary N) is 2. The van der Waals surface area contributed by atoms with Crippen LogP contribution in [0.1, 0.15) is 10.4 Å². The van der Waals surface area contributed by atoms with Crippen molar-refractivity contribution in [1.29, 1.82) is 0 Å². The van der Waals surface area contributed by atoms with Gasteiger partial charge < -0.3 is 14.8 Å². The van der Waals surface area contributed by atoms with Crippen LogP contribution in [0.25, 0.3) is 0 Å². The fraction of sp³-hybridized carbons (Fsp3) is 0.158. The zero-order chi connectivity index (χ0) is 20.6. The first-order chi connectivity index (χ1) is 14.1. The average molecular weight is 431 g/mol. The van der Waals surface area contributed by atoms with E-state index in [1.54, 1.807) is 55.6 Å². The fourth-order valence-electron chi connectivity index (χ4n) is 2.34. The van der Waals surface area contributed by atoms with E-state index in [9.17, 15) is 9.59 Å². The van der Waals surface area contributed by atoms with Crippen LogP contribution in [-0.4, -0.2) is 42.0 Å². The van der Waals surface area contributed by atoms with Crippen LogP contribution in [0.15, 0.2) is 52.9 Å². The van der Waals surface area contributed by atoms with Crippen molar-refractivity contribution in [1.82, 2.24) is 10.2 Å². The van der Waals surface area contributed by atoms with Gasteiger partial charge in [0.1, 0.15) is 11.5 Å². The van der Waals surface area contributed by atoms with Crippen LogP contribution in [0.4, 0.5) is 10.8 Å². The molecular formula is C19H18N4O4S2. The van der Waals surface area contributed by atoms with Crippen LogP contribution in [0.5, 0.6) is 11.5 Å². The van der Waals surface area contributed by atoms with E-state index in [4.69, 9.17) is 9.47 Å². The van der Waals surface area contributed by atoms with Crippen molar-refractivity contribution in [3.8, 4) is 11.5 Å². The Balaban J connectivity index is 1.53. The first kappa shape index (κ1) is 20.6. The van der Waals surface area contributed by atoms with E-state index >= 15 is 0 Å². The lowest BCUT2D eigenvalue weighted by Gasteiger charge is -2.06. The number of amides is 2. The van der Waals surface area contributed by atoms with Crippen LogP contribution in [0.3, 0.4) is 0 Å². The van der Waals surface area contributed by atoms with E-state index in [0.29, 0.717) is 32.2 Å². The highest BCUT2D eigenvalue weighted by atomic mass is 32.2. The molecule has 150 valence electrons. The summed E-state index contributed by atoms with van der Waals surface area (Å²) < 4.78 is 10.9. The number of hydrogen-bond acceptors (Lipinski definition) is 8. The number of carbonyl (C=O) groups excluding carboxylic acids is 2. The van der Waals surface area contributed by atoms with Crippen LogP contribution >= 0.6 is 23.1 Å². The van der Waals surface area contributed by atoms with Gasteiger partial charge in [-0.3, -0.25) is 14.9 Å². The van der Waals surface area contributed by atoms with E-state index in [0.717, 1.165) is 0 Å². The van der Waals surface area contributed by atoms with Gasteiger partial charge in [0.15, 0.2) is 4.34 Å². The molecule has 0 spiro atoms. The molecule has 0 bridgehead atoms. The van der Waals surface area contributed by atoms with Crippen molar-refractivity contribution < 1.29 is 19.1 Å². The SMILES string of the molecule is COc1cccc(NC(=O)CSc2nnc(NC(=O)c3ccccc3OC)s2)c1. The third kappa shape index (κ3) is 5.69. The monoisotopic (exact) mass is 430 g/mol. The van der Waals surface area contributed by atoms with Crippen molar-refractivity contribution in [3.05, 3.63) is 54.1 Å². The summed E-state index contributed by atoms with van der Waals surface area (Å²) in [6.45, 7) is 0. The van der Waals surface area contributed by atoms with Gasteiger partial charge in [0.2, 0.25) is 11.0 Å². The van der Waals surface area contributed by atoms with E-state index in [2.05, 4.69) is 20.8 Å². The number of para-hydroxylation sites is 1. The molecule has 1 heterocycles. The Morgan fingerprint density at radius 1 is 1.03 bits per heavy atom. The van der Waals surface area contributed by atoms with Gasteiger partial charge in [0, 0.05) is 11.8 Å². The molecule has 0 aliphatic carbocycles. The van der Waals surface area contributed by atoms with E-state index in [1.807, 2.05) is 0 Å². The minimum Gasteiger partial charge on any atom is -0.497 e. The van der Waals surface area contributed by atoms with Crippen LogP contribution < -0.4 is 20.1 Å². The number of carbonyl (C=O) groups is 2. The zero-order valence-electron chi connectivity index (χ0n) is 15.7. The number of rotatable bonds is 8. The summed E-state index contributed by atoms with van der Waals surface area (Å²) in [4.78, 5) is 24.5. The highest BCUT2D eigenvalue weighted by Gasteiger charge is 2.15. The van der Waals surface area contributed by atoms with Gasteiger partial charge in [0.05, 0.1) is 25.5 Å². The number of hydrogen-bond donors (Lipinski definition) is 2. The molecule has 0 aliphatic rings. The number of nitrogens with zero attached hydrogens (tertiary/aromatic N) is 2. The molecule has 8 nitrogen and oxygen atoms in total. The minimum atomic E-state index is -0.342. The van der Waals surface area contributed by atoms with E-state index in [1.165, 1.54) is 30.2 Å². The molecule has 2 amide bonds. The largest absolute Gasteiger partial charge is 0.497 e. The minimum absolute atomic E-state index is 0.159. The third-order valence-corrected chi connectivity index (χ3v) is 5.63. The molecule has 29 heavy (non-hydrogen) atoms. The second kappa shape index (κ2) is 9.89. The molecule has 2 N–H and O–H groups in total. The topological polar surface area (TPSA) is 102 Å². The second-order valence-electron chi connectivity index (χ2n) is 5.60. The van der Waals surface area contributed by atoms with Crippen LogP contribution in [0, 0.1) is 0 Å². The molecule has 2 aromatic carbocycles. The van der Waals surface area contributed by atoms with Gasteiger partial charge in [-0.25, -0.2) is 0 Å². The molecule has 0 fully saturated rings. The maximum atomic E-state index is 12.4. The second-order valence-corrected chi connectivity index (χ2v) is 7.80. The Bertz CT molecular complexity index is 1010. The summed E-state index contributed by atoms with van der Waals surface area (Å²) in [5.41, 5.74) is 1.05. The van der Waals surface area contributed by atoms with E-state index in [-0.39, 0.29) is 17.6 Å². The Kier molecular flexibility index (Phi) is 7.04. The molecule has 0 unspecified atom stereocenters. The van der Waals surface area contributed by atoms with Crippen molar-refractivity contribution in [2.45, 2.75) is 4.34 Å². The number of ether oxygens (including phenoxy) is 2. The van der Waals surface area contributed by atoms with Gasteiger partial charge in [0.25, 0.3) is 5.91 Å². The number of anilines is 2. The molecule has 0 saturated carbocycles. The number of methoxy groups -OCH3 is 2. The third-order valence-electron chi connectivity index (χ3n) is 3.66. The number of benzene rings is 2. The smallest absolute Gasteiger partial charge is 0.261 e. The average Bonchev–Trinajstić information content (AvgIpc) is 3.19. The van der Waals surface area contributed by atoms with E-state index < -0.39 is 0 Å². The maximum absolute atomic E-state index is 12.4. The molecule has 0 atom stereocenters. The Morgan fingerprint density at radius 2 is 1.86 bits per heavy atom. The van der Waals surface area contributed by atoms with Crippen molar-refractivity contribution in [2.24, 2.45) is 0 Å². The summed E-state index contributed by atoms with van der Waals surface area (Å²) in [5.74, 6) is 0.768. The summed E-state index contributed by atoms with van der Waals surface area (Å²) in [7, 11) is 3.07. The summed E-state index contributed by atoms with van der Waals surface area (Å²) >= 11 is 2.43. The van der Waals surface area contributed by atoms with Gasteiger partial charge in [-0.15, -0.1) is 10.2 Å². The lowest BCUT2D eigenvalue weighted by molar-refractivity contribution is -0.113. The molecule has 1 aromatic heterocycles. The Labute approximate surface area is 175 Å². The summed E-state index contributed by atoms with van der Waals surface area (Å²) in [6, 6.07) is 14.0. The van der Waals surface area contributed by atoms with Crippen molar-refractivity contribution in [3.63, 3.8) is 0 Å². The Morgan fingerprint density at radius 3 is 2.66 bits per heavy atom. The summed E-state index contributed by atoms with van der Waals surface area (Å²) in [5, 5.41) is 13.8. The molecule has 3 aromatic rings. The van der Waals surface area contributed by atoms with Crippen molar-refractivity contribution >= 4 is 45.7 Å². The molecular weight excluding hydrogens is 412 g/mol. The highest BCUT2D eigenvalue weighted by molar-refractivity contribution is 8.01. The van der Waals surface area contributed by atoms with Gasteiger partial charge >= 0.3 is 0 Å². The molecule has 0 aliphatic heterocycles. The molecule has 3 rings (SSSR count). The molecule has 0 radical (unpaired) electrons. The fourth-order valence-corrected chi connectivity index (χ4v) is 3.89. The Hall–Kier alpha value is -3.11. The number of aromatic nitrogens is 2. The van der Waals surface area contributed by atoms with Gasteiger partial charge in [-0.2, -0.15) is 0 Å².